The normalized spacial score (nSPS) is 18.0. The molecule has 2 N–H and O–H groups in total. The van der Waals surface area contributed by atoms with E-state index in [0.29, 0.717) is 5.70 Å². The Balaban J connectivity index is 2.58. The lowest BCUT2D eigenvalue weighted by molar-refractivity contribution is -0.143. The number of carbonyl (C=O) groups excluding carboxylic acids is 2. The molecule has 0 aliphatic carbocycles. The van der Waals surface area contributed by atoms with Crippen LogP contribution in [0.15, 0.2) is 35.5 Å². The zero-order valence-corrected chi connectivity index (χ0v) is 14.9. The van der Waals surface area contributed by atoms with Crippen LogP contribution >= 0.6 is 0 Å². The largest absolute Gasteiger partial charge is 0.459 e. The summed E-state index contributed by atoms with van der Waals surface area (Å²) in [6.07, 6.45) is -4.95. The molecule has 2 amide bonds. The summed E-state index contributed by atoms with van der Waals surface area (Å²) in [5.41, 5.74) is -0.261. The van der Waals surface area contributed by atoms with Gasteiger partial charge in [-0.1, -0.05) is 26.0 Å². The van der Waals surface area contributed by atoms with Crippen molar-refractivity contribution in [2.45, 2.75) is 46.0 Å². The molecule has 1 unspecified atom stereocenters. The minimum atomic E-state index is -4.53. The monoisotopic (exact) mass is 370 g/mol. The zero-order chi connectivity index (χ0) is 19.6. The highest BCUT2D eigenvalue weighted by molar-refractivity contribution is 5.95. The van der Waals surface area contributed by atoms with Crippen LogP contribution in [0.25, 0.3) is 0 Å². The summed E-state index contributed by atoms with van der Waals surface area (Å²) in [5.74, 6) is -0.914. The number of urea groups is 1. The van der Waals surface area contributed by atoms with Crippen LogP contribution in [-0.4, -0.2) is 18.1 Å². The summed E-state index contributed by atoms with van der Waals surface area (Å²) >= 11 is 0. The molecule has 0 saturated heterocycles. The van der Waals surface area contributed by atoms with E-state index in [0.717, 1.165) is 12.1 Å². The Hall–Kier alpha value is -2.51. The molecule has 0 saturated carbocycles. The first kappa shape index (κ1) is 19.8. The summed E-state index contributed by atoms with van der Waals surface area (Å²) in [6, 6.07) is 2.92. The van der Waals surface area contributed by atoms with Gasteiger partial charge in [-0.2, -0.15) is 13.2 Å². The number of amides is 2. The van der Waals surface area contributed by atoms with Gasteiger partial charge in [-0.05, 0) is 37.5 Å². The Morgan fingerprint density at radius 1 is 1.19 bits per heavy atom. The van der Waals surface area contributed by atoms with Crippen molar-refractivity contribution in [3.63, 3.8) is 0 Å². The molecular weight excluding hydrogens is 349 g/mol. The second-order valence-corrected chi connectivity index (χ2v) is 6.59. The van der Waals surface area contributed by atoms with E-state index in [4.69, 9.17) is 4.74 Å². The fourth-order valence-corrected chi connectivity index (χ4v) is 2.69. The smallest absolute Gasteiger partial charge is 0.416 e. The van der Waals surface area contributed by atoms with Crippen molar-refractivity contribution >= 4 is 12.0 Å². The predicted octanol–water partition coefficient (Wildman–Crippen LogP) is 3.92. The van der Waals surface area contributed by atoms with Crippen LogP contribution < -0.4 is 10.6 Å². The number of esters is 1. The van der Waals surface area contributed by atoms with Crippen LogP contribution in [0.4, 0.5) is 18.0 Å². The Labute approximate surface area is 149 Å². The zero-order valence-electron chi connectivity index (χ0n) is 14.9. The van der Waals surface area contributed by atoms with Crippen LogP contribution in [0, 0.1) is 5.92 Å². The molecule has 1 atom stereocenters. The number of hydrogen-bond donors (Lipinski definition) is 2. The molecule has 0 fully saturated rings. The average molecular weight is 370 g/mol. The number of hydrogen-bond acceptors (Lipinski definition) is 3. The number of benzene rings is 1. The highest BCUT2D eigenvalue weighted by atomic mass is 19.4. The topological polar surface area (TPSA) is 67.4 Å². The third-order valence-corrected chi connectivity index (χ3v) is 3.79. The first-order valence-corrected chi connectivity index (χ1v) is 8.20. The standard InChI is InChI=1S/C18H21F3N2O3/c1-9(2)14-13(16(24)26-10(3)4)15(23-17(25)22-14)11-6-5-7-12(8-11)18(19,20)21/h5-10,15H,1-4H3,(H2,22,23,25). The average Bonchev–Trinajstić information content (AvgIpc) is 2.52. The molecule has 26 heavy (non-hydrogen) atoms. The highest BCUT2D eigenvalue weighted by Gasteiger charge is 2.37. The van der Waals surface area contributed by atoms with Crippen molar-refractivity contribution < 1.29 is 27.5 Å². The number of halogens is 3. The molecule has 0 bridgehead atoms. The lowest BCUT2D eigenvalue weighted by Crippen LogP contribution is -2.47. The van der Waals surface area contributed by atoms with Gasteiger partial charge in [0.2, 0.25) is 0 Å². The molecule has 1 aromatic carbocycles. The van der Waals surface area contributed by atoms with Crippen LogP contribution in [-0.2, 0) is 15.7 Å². The molecule has 8 heteroatoms. The minimum Gasteiger partial charge on any atom is -0.459 e. The van der Waals surface area contributed by atoms with E-state index in [1.807, 2.05) is 0 Å². The van der Waals surface area contributed by atoms with Crippen molar-refractivity contribution in [1.82, 2.24) is 10.6 Å². The van der Waals surface area contributed by atoms with Gasteiger partial charge in [0.15, 0.2) is 0 Å². The van der Waals surface area contributed by atoms with Gasteiger partial charge in [-0.25, -0.2) is 9.59 Å². The maximum Gasteiger partial charge on any atom is 0.416 e. The molecule has 1 aliphatic heterocycles. The summed E-state index contributed by atoms with van der Waals surface area (Å²) in [5, 5.41) is 5.10. The van der Waals surface area contributed by atoms with Gasteiger partial charge in [0, 0.05) is 5.70 Å². The van der Waals surface area contributed by atoms with Gasteiger partial charge in [-0.3, -0.25) is 0 Å². The Bertz CT molecular complexity index is 739. The van der Waals surface area contributed by atoms with Crippen molar-refractivity contribution in [2.24, 2.45) is 5.92 Å². The first-order chi connectivity index (χ1) is 12.0. The van der Waals surface area contributed by atoms with Crippen molar-refractivity contribution in [3.05, 3.63) is 46.7 Å². The van der Waals surface area contributed by atoms with E-state index in [1.165, 1.54) is 12.1 Å². The predicted molar refractivity (Wildman–Crippen MR) is 88.9 cm³/mol. The lowest BCUT2D eigenvalue weighted by Gasteiger charge is -2.31. The van der Waals surface area contributed by atoms with Crippen molar-refractivity contribution in [3.8, 4) is 0 Å². The highest BCUT2D eigenvalue weighted by Crippen LogP contribution is 2.35. The third kappa shape index (κ3) is 4.36. The summed E-state index contributed by atoms with van der Waals surface area (Å²) in [4.78, 5) is 24.6. The van der Waals surface area contributed by atoms with Gasteiger partial charge in [0.05, 0.1) is 23.3 Å². The minimum absolute atomic E-state index is 0.104. The van der Waals surface area contributed by atoms with Gasteiger partial charge in [0.25, 0.3) is 0 Å². The third-order valence-electron chi connectivity index (χ3n) is 3.79. The van der Waals surface area contributed by atoms with Gasteiger partial charge >= 0.3 is 18.2 Å². The number of nitrogens with one attached hydrogen (secondary N) is 2. The molecule has 1 aromatic rings. The van der Waals surface area contributed by atoms with Crippen LogP contribution in [0.5, 0.6) is 0 Å². The Morgan fingerprint density at radius 2 is 1.85 bits per heavy atom. The molecule has 1 heterocycles. The number of allylic oxidation sites excluding steroid dienone is 1. The van der Waals surface area contributed by atoms with E-state index in [2.05, 4.69) is 10.6 Å². The molecule has 2 rings (SSSR count). The second kappa shape index (κ2) is 7.39. The molecule has 5 nitrogen and oxygen atoms in total. The van der Waals surface area contributed by atoms with E-state index in [1.54, 1.807) is 27.7 Å². The van der Waals surface area contributed by atoms with Crippen molar-refractivity contribution in [1.29, 1.82) is 0 Å². The van der Waals surface area contributed by atoms with Gasteiger partial charge in [0.1, 0.15) is 0 Å². The maximum absolute atomic E-state index is 13.0. The van der Waals surface area contributed by atoms with Crippen LogP contribution in [0.2, 0.25) is 0 Å². The molecule has 0 spiro atoms. The molecule has 0 radical (unpaired) electrons. The maximum atomic E-state index is 13.0. The fourth-order valence-electron chi connectivity index (χ4n) is 2.69. The number of ether oxygens (including phenoxy) is 1. The molecule has 0 aromatic heterocycles. The number of rotatable bonds is 4. The SMILES string of the molecule is CC(C)OC(=O)C1=C(C(C)C)NC(=O)NC1c1cccc(C(F)(F)F)c1. The Kier molecular flexibility index (Phi) is 5.63. The van der Waals surface area contributed by atoms with E-state index in [-0.39, 0.29) is 17.1 Å². The molecular formula is C18H21F3N2O3. The van der Waals surface area contributed by atoms with E-state index >= 15 is 0 Å². The van der Waals surface area contributed by atoms with E-state index in [9.17, 15) is 22.8 Å². The summed E-state index contributed by atoms with van der Waals surface area (Å²) in [6.45, 7) is 6.88. The van der Waals surface area contributed by atoms with Crippen LogP contribution in [0.3, 0.4) is 0 Å². The molecule has 1 aliphatic rings. The number of carbonyl (C=O) groups is 2. The lowest BCUT2D eigenvalue weighted by atomic mass is 9.90. The fraction of sp³-hybridized carbons (Fsp3) is 0.444. The summed E-state index contributed by atoms with van der Waals surface area (Å²) < 4.78 is 44.4. The second-order valence-electron chi connectivity index (χ2n) is 6.59. The van der Waals surface area contributed by atoms with E-state index < -0.39 is 35.9 Å². The Morgan fingerprint density at radius 3 is 2.38 bits per heavy atom. The van der Waals surface area contributed by atoms with Crippen LogP contribution in [0.1, 0.15) is 44.9 Å². The first-order valence-electron chi connectivity index (χ1n) is 8.20. The van der Waals surface area contributed by atoms with Gasteiger partial charge < -0.3 is 15.4 Å². The van der Waals surface area contributed by atoms with Gasteiger partial charge in [-0.15, -0.1) is 0 Å². The summed E-state index contributed by atoms with van der Waals surface area (Å²) in [7, 11) is 0. The quantitative estimate of drug-likeness (QED) is 0.790. The van der Waals surface area contributed by atoms with Crippen molar-refractivity contribution in [2.75, 3.05) is 0 Å². The molecule has 142 valence electrons. The number of alkyl halides is 3.